The number of nitrogens with one attached hydrogen (secondary N) is 1. The van der Waals surface area contributed by atoms with E-state index in [1.807, 2.05) is 24.5 Å². The van der Waals surface area contributed by atoms with E-state index in [4.69, 9.17) is 4.74 Å². The standard InChI is InChI=1S/C16H17BrN2O/c17-13-3-4-14-15(2-1-9-20-16(14)10-13)19-11-12-5-7-18-8-6-12/h3-8,10,15,19H,1-2,9,11H2. The molecule has 3 rings (SSSR count). The first kappa shape index (κ1) is 13.6. The van der Waals surface area contributed by atoms with Crippen molar-refractivity contribution in [1.82, 2.24) is 10.3 Å². The van der Waals surface area contributed by atoms with Crippen LogP contribution in [0.1, 0.15) is 30.0 Å². The van der Waals surface area contributed by atoms with Crippen molar-refractivity contribution in [3.8, 4) is 5.75 Å². The molecule has 0 amide bonds. The summed E-state index contributed by atoms with van der Waals surface area (Å²) in [5.74, 6) is 0.990. The Balaban J connectivity index is 1.76. The molecule has 0 radical (unpaired) electrons. The number of pyridine rings is 1. The lowest BCUT2D eigenvalue weighted by atomic mass is 10.0. The van der Waals surface area contributed by atoms with Crippen molar-refractivity contribution in [2.45, 2.75) is 25.4 Å². The number of nitrogens with zero attached hydrogens (tertiary/aromatic N) is 1. The predicted octanol–water partition coefficient (Wildman–Crippen LogP) is 3.85. The molecule has 0 saturated heterocycles. The molecule has 3 nitrogen and oxygen atoms in total. The van der Waals surface area contributed by atoms with Crippen LogP contribution in [-0.2, 0) is 6.54 Å². The first-order chi connectivity index (χ1) is 9.83. The zero-order valence-corrected chi connectivity index (χ0v) is 12.8. The van der Waals surface area contributed by atoms with E-state index < -0.39 is 0 Å². The molecule has 4 heteroatoms. The van der Waals surface area contributed by atoms with Crippen LogP contribution in [-0.4, -0.2) is 11.6 Å². The largest absolute Gasteiger partial charge is 0.493 e. The topological polar surface area (TPSA) is 34.1 Å². The number of benzene rings is 1. The Hall–Kier alpha value is -1.39. The summed E-state index contributed by atoms with van der Waals surface area (Å²) in [4.78, 5) is 4.05. The quantitative estimate of drug-likeness (QED) is 0.926. The van der Waals surface area contributed by atoms with E-state index in [-0.39, 0.29) is 0 Å². The highest BCUT2D eigenvalue weighted by atomic mass is 79.9. The van der Waals surface area contributed by atoms with Gasteiger partial charge in [0.1, 0.15) is 5.75 Å². The average Bonchev–Trinajstić information content (AvgIpc) is 2.68. The van der Waals surface area contributed by atoms with Gasteiger partial charge in [-0.25, -0.2) is 0 Å². The van der Waals surface area contributed by atoms with Crippen LogP contribution < -0.4 is 10.1 Å². The molecular weight excluding hydrogens is 316 g/mol. The van der Waals surface area contributed by atoms with Gasteiger partial charge < -0.3 is 10.1 Å². The summed E-state index contributed by atoms with van der Waals surface area (Å²) in [6.45, 7) is 1.64. The average molecular weight is 333 g/mol. The van der Waals surface area contributed by atoms with Gasteiger partial charge in [0.15, 0.2) is 0 Å². The summed E-state index contributed by atoms with van der Waals surface area (Å²) in [5, 5.41) is 3.63. The highest BCUT2D eigenvalue weighted by molar-refractivity contribution is 9.10. The fourth-order valence-corrected chi connectivity index (χ4v) is 2.84. The molecule has 1 aromatic heterocycles. The number of rotatable bonds is 3. The molecule has 104 valence electrons. The van der Waals surface area contributed by atoms with Gasteiger partial charge in [-0.3, -0.25) is 4.98 Å². The molecule has 0 bridgehead atoms. The maximum atomic E-state index is 5.83. The van der Waals surface area contributed by atoms with Gasteiger partial charge in [-0.05, 0) is 42.7 Å². The van der Waals surface area contributed by atoms with Crippen molar-refractivity contribution in [3.63, 3.8) is 0 Å². The fraction of sp³-hybridized carbons (Fsp3) is 0.312. The molecule has 1 atom stereocenters. The molecule has 1 aliphatic rings. The number of hydrogen-bond acceptors (Lipinski definition) is 3. The molecule has 20 heavy (non-hydrogen) atoms. The Morgan fingerprint density at radius 1 is 1.25 bits per heavy atom. The minimum atomic E-state index is 0.341. The molecule has 1 N–H and O–H groups in total. The van der Waals surface area contributed by atoms with Gasteiger partial charge in [0.05, 0.1) is 6.61 Å². The second-order valence-corrected chi connectivity index (χ2v) is 5.88. The maximum Gasteiger partial charge on any atom is 0.125 e. The number of ether oxygens (including phenoxy) is 1. The number of hydrogen-bond donors (Lipinski definition) is 1. The summed E-state index contributed by atoms with van der Waals surface area (Å²) in [6.07, 6.45) is 5.83. The molecule has 2 heterocycles. The fourth-order valence-electron chi connectivity index (χ4n) is 2.50. The number of aromatic nitrogens is 1. The Labute approximate surface area is 127 Å². The zero-order valence-electron chi connectivity index (χ0n) is 11.2. The summed E-state index contributed by atoms with van der Waals surface area (Å²) in [5.41, 5.74) is 2.50. The smallest absolute Gasteiger partial charge is 0.125 e. The maximum absolute atomic E-state index is 5.83. The molecule has 0 saturated carbocycles. The second kappa shape index (κ2) is 6.37. The Kier molecular flexibility index (Phi) is 4.33. The van der Waals surface area contributed by atoms with Crippen LogP contribution in [0.4, 0.5) is 0 Å². The van der Waals surface area contributed by atoms with E-state index in [0.29, 0.717) is 6.04 Å². The number of fused-ring (bicyclic) bond motifs is 1. The summed E-state index contributed by atoms with van der Waals surface area (Å²) in [6, 6.07) is 10.7. The van der Waals surface area contributed by atoms with Crippen LogP contribution in [0.3, 0.4) is 0 Å². The molecule has 1 unspecified atom stereocenters. The van der Waals surface area contributed by atoms with E-state index >= 15 is 0 Å². The van der Waals surface area contributed by atoms with Crippen molar-refractivity contribution >= 4 is 15.9 Å². The Morgan fingerprint density at radius 3 is 2.95 bits per heavy atom. The van der Waals surface area contributed by atoms with Crippen molar-refractivity contribution in [2.75, 3.05) is 6.61 Å². The van der Waals surface area contributed by atoms with E-state index in [2.05, 4.69) is 44.4 Å². The van der Waals surface area contributed by atoms with Gasteiger partial charge in [0, 0.05) is 35.0 Å². The van der Waals surface area contributed by atoms with Crippen LogP contribution in [0.5, 0.6) is 5.75 Å². The molecule has 0 aliphatic carbocycles. The lowest BCUT2D eigenvalue weighted by molar-refractivity contribution is 0.315. The van der Waals surface area contributed by atoms with Crippen molar-refractivity contribution in [3.05, 3.63) is 58.3 Å². The predicted molar refractivity (Wildman–Crippen MR) is 82.7 cm³/mol. The van der Waals surface area contributed by atoms with E-state index in [1.165, 1.54) is 11.1 Å². The van der Waals surface area contributed by atoms with Gasteiger partial charge in [-0.15, -0.1) is 0 Å². The molecular formula is C16H17BrN2O. The summed E-state index contributed by atoms with van der Waals surface area (Å²) < 4.78 is 6.89. The highest BCUT2D eigenvalue weighted by Gasteiger charge is 2.19. The van der Waals surface area contributed by atoms with Gasteiger partial charge in [0.2, 0.25) is 0 Å². The third-order valence-corrected chi connectivity index (χ3v) is 4.04. The third kappa shape index (κ3) is 3.19. The molecule has 0 spiro atoms. The van der Waals surface area contributed by atoms with E-state index in [0.717, 1.165) is 36.2 Å². The lowest BCUT2D eigenvalue weighted by Gasteiger charge is -2.18. The van der Waals surface area contributed by atoms with Crippen LogP contribution in [0.15, 0.2) is 47.2 Å². The molecule has 1 aliphatic heterocycles. The van der Waals surface area contributed by atoms with Crippen molar-refractivity contribution < 1.29 is 4.74 Å². The van der Waals surface area contributed by atoms with E-state index in [1.54, 1.807) is 0 Å². The highest BCUT2D eigenvalue weighted by Crippen LogP contribution is 2.33. The molecule has 2 aromatic rings. The number of halogens is 1. The van der Waals surface area contributed by atoms with Crippen LogP contribution in [0, 0.1) is 0 Å². The summed E-state index contributed by atoms with van der Waals surface area (Å²) in [7, 11) is 0. The molecule has 1 aromatic carbocycles. The van der Waals surface area contributed by atoms with Crippen LogP contribution in [0.25, 0.3) is 0 Å². The SMILES string of the molecule is Brc1ccc2c(c1)OCCCC2NCc1ccncc1. The Bertz CT molecular complexity index is 574. The zero-order chi connectivity index (χ0) is 13.8. The second-order valence-electron chi connectivity index (χ2n) is 4.96. The third-order valence-electron chi connectivity index (χ3n) is 3.55. The van der Waals surface area contributed by atoms with Crippen molar-refractivity contribution in [1.29, 1.82) is 0 Å². The van der Waals surface area contributed by atoms with Crippen molar-refractivity contribution in [2.24, 2.45) is 0 Å². The lowest BCUT2D eigenvalue weighted by Crippen LogP contribution is -2.20. The van der Waals surface area contributed by atoms with E-state index in [9.17, 15) is 0 Å². The van der Waals surface area contributed by atoms with Gasteiger partial charge >= 0.3 is 0 Å². The summed E-state index contributed by atoms with van der Waals surface area (Å²) >= 11 is 3.50. The van der Waals surface area contributed by atoms with Crippen LogP contribution >= 0.6 is 15.9 Å². The first-order valence-corrected chi connectivity index (χ1v) is 7.67. The Morgan fingerprint density at radius 2 is 2.10 bits per heavy atom. The van der Waals surface area contributed by atoms with Gasteiger partial charge in [-0.1, -0.05) is 22.0 Å². The van der Waals surface area contributed by atoms with Gasteiger partial charge in [-0.2, -0.15) is 0 Å². The van der Waals surface area contributed by atoms with Gasteiger partial charge in [0.25, 0.3) is 0 Å². The molecule has 0 fully saturated rings. The minimum Gasteiger partial charge on any atom is -0.493 e. The first-order valence-electron chi connectivity index (χ1n) is 6.87. The minimum absolute atomic E-state index is 0.341. The normalized spacial score (nSPS) is 17.9. The monoisotopic (exact) mass is 332 g/mol. The van der Waals surface area contributed by atoms with Crippen LogP contribution in [0.2, 0.25) is 0 Å².